The van der Waals surface area contributed by atoms with Gasteiger partial charge in [0.15, 0.2) is 5.76 Å². The van der Waals surface area contributed by atoms with Crippen molar-refractivity contribution in [2.45, 2.75) is 6.92 Å². The van der Waals surface area contributed by atoms with Crippen LogP contribution in [0.2, 0.25) is 0 Å². The topological polar surface area (TPSA) is 83.9 Å². The lowest BCUT2D eigenvalue weighted by Crippen LogP contribution is -2.09. The van der Waals surface area contributed by atoms with Crippen molar-refractivity contribution in [1.29, 1.82) is 0 Å². The van der Waals surface area contributed by atoms with E-state index in [-0.39, 0.29) is 17.3 Å². The molecule has 1 aromatic heterocycles. The molecule has 0 radical (unpaired) electrons. The van der Waals surface area contributed by atoms with Gasteiger partial charge in [-0.3, -0.25) is 9.78 Å². The van der Waals surface area contributed by atoms with Crippen LogP contribution >= 0.6 is 0 Å². The molecule has 0 N–H and O–H groups in total. The molecule has 0 unspecified atom stereocenters. The molecule has 3 aromatic rings. The molecule has 7 heteroatoms. The van der Waals surface area contributed by atoms with Crippen LogP contribution < -0.4 is 18.9 Å². The largest absolute Gasteiger partial charge is 0.497 e. The predicted molar refractivity (Wildman–Crippen MR) is 113 cm³/mol. The average molecular weight is 417 g/mol. The van der Waals surface area contributed by atoms with Crippen LogP contribution in [-0.2, 0) is 0 Å². The van der Waals surface area contributed by atoms with E-state index in [1.54, 1.807) is 69.8 Å². The zero-order valence-corrected chi connectivity index (χ0v) is 17.2. The fraction of sp³-hybridized carbons (Fsp3) is 0.125. The molecule has 7 nitrogen and oxygen atoms in total. The molecule has 1 aliphatic heterocycles. The SMILES string of the molecule is COc1ccc(OC)c(/C=C2\Oc3cc(OC(=O)c4cccnc4)cc(C)c3C2=O)c1. The molecule has 0 atom stereocenters. The summed E-state index contributed by atoms with van der Waals surface area (Å²) in [6.45, 7) is 1.76. The van der Waals surface area contributed by atoms with Gasteiger partial charge in [-0.1, -0.05) is 0 Å². The summed E-state index contributed by atoms with van der Waals surface area (Å²) in [5, 5.41) is 0. The van der Waals surface area contributed by atoms with Crippen LogP contribution in [0.15, 0.2) is 60.6 Å². The maximum atomic E-state index is 12.9. The van der Waals surface area contributed by atoms with E-state index < -0.39 is 5.97 Å². The summed E-state index contributed by atoms with van der Waals surface area (Å²) in [5.41, 5.74) is 2.02. The molecule has 31 heavy (non-hydrogen) atoms. The Labute approximate surface area is 178 Å². The lowest BCUT2D eigenvalue weighted by atomic mass is 10.0. The van der Waals surface area contributed by atoms with Gasteiger partial charge < -0.3 is 18.9 Å². The van der Waals surface area contributed by atoms with Crippen LogP contribution in [0.1, 0.15) is 31.8 Å². The molecule has 0 bridgehead atoms. The Balaban J connectivity index is 1.64. The Morgan fingerprint density at radius 2 is 1.90 bits per heavy atom. The van der Waals surface area contributed by atoms with E-state index in [0.29, 0.717) is 39.5 Å². The monoisotopic (exact) mass is 417 g/mol. The van der Waals surface area contributed by atoms with Crippen molar-refractivity contribution in [3.8, 4) is 23.0 Å². The molecular formula is C24H19NO6. The Kier molecular flexibility index (Phi) is 5.41. The highest BCUT2D eigenvalue weighted by atomic mass is 16.5. The van der Waals surface area contributed by atoms with E-state index >= 15 is 0 Å². The average Bonchev–Trinajstić information content (AvgIpc) is 3.09. The minimum absolute atomic E-state index is 0.139. The molecule has 0 saturated heterocycles. The Bertz CT molecular complexity index is 1200. The number of Topliss-reactive ketones (excluding diaryl/α,β-unsaturated/α-hetero) is 1. The summed E-state index contributed by atoms with van der Waals surface area (Å²) < 4.78 is 21.9. The number of allylic oxidation sites excluding steroid dienone is 1. The highest BCUT2D eigenvalue weighted by Gasteiger charge is 2.30. The van der Waals surface area contributed by atoms with Gasteiger partial charge >= 0.3 is 5.97 Å². The van der Waals surface area contributed by atoms with E-state index in [2.05, 4.69) is 4.98 Å². The van der Waals surface area contributed by atoms with Crippen molar-refractivity contribution < 1.29 is 28.5 Å². The van der Waals surface area contributed by atoms with E-state index in [1.165, 1.54) is 12.3 Å². The molecule has 0 fully saturated rings. The summed E-state index contributed by atoms with van der Waals surface area (Å²) in [6, 6.07) is 11.7. The van der Waals surface area contributed by atoms with E-state index in [1.807, 2.05) is 0 Å². The summed E-state index contributed by atoms with van der Waals surface area (Å²) in [5.74, 6) is 1.13. The quantitative estimate of drug-likeness (QED) is 0.349. The number of carbonyl (C=O) groups is 2. The third-order valence-electron chi connectivity index (χ3n) is 4.77. The Hall–Kier alpha value is -4.13. The number of ether oxygens (including phenoxy) is 4. The maximum Gasteiger partial charge on any atom is 0.345 e. The molecule has 0 saturated carbocycles. The number of pyridine rings is 1. The zero-order chi connectivity index (χ0) is 22.0. The van der Waals surface area contributed by atoms with Gasteiger partial charge in [-0.2, -0.15) is 0 Å². The third kappa shape index (κ3) is 3.98. The number of carbonyl (C=O) groups excluding carboxylic acids is 2. The molecule has 2 heterocycles. The third-order valence-corrected chi connectivity index (χ3v) is 4.77. The fourth-order valence-electron chi connectivity index (χ4n) is 3.28. The number of hydrogen-bond acceptors (Lipinski definition) is 7. The standard InChI is InChI=1S/C24H19NO6/c1-14-9-18(30-24(27)15-5-4-8-25-13-15)12-20-22(14)23(26)21(31-20)11-16-10-17(28-2)6-7-19(16)29-3/h4-13H,1-3H3/b21-11-. The van der Waals surface area contributed by atoms with Crippen LogP contribution in [0.3, 0.4) is 0 Å². The van der Waals surface area contributed by atoms with Crippen LogP contribution in [0.5, 0.6) is 23.0 Å². The first kappa shape index (κ1) is 20.2. The predicted octanol–water partition coefficient (Wildman–Crippen LogP) is 4.24. The number of methoxy groups -OCH3 is 2. The smallest absolute Gasteiger partial charge is 0.345 e. The first-order valence-corrected chi connectivity index (χ1v) is 9.43. The van der Waals surface area contributed by atoms with Gasteiger partial charge in [0.05, 0.1) is 25.3 Å². The summed E-state index contributed by atoms with van der Waals surface area (Å²) in [6.07, 6.45) is 4.59. The summed E-state index contributed by atoms with van der Waals surface area (Å²) in [7, 11) is 3.10. The normalized spacial score (nSPS) is 13.5. The summed E-state index contributed by atoms with van der Waals surface area (Å²) in [4.78, 5) is 29.2. The van der Waals surface area contributed by atoms with Crippen LogP contribution in [0.25, 0.3) is 6.08 Å². The van der Waals surface area contributed by atoms with Crippen molar-refractivity contribution in [2.75, 3.05) is 14.2 Å². The molecular weight excluding hydrogens is 398 g/mol. The number of esters is 1. The second kappa shape index (κ2) is 8.31. The lowest BCUT2D eigenvalue weighted by molar-refractivity contribution is 0.0734. The molecule has 0 spiro atoms. The number of aryl methyl sites for hydroxylation is 1. The van der Waals surface area contributed by atoms with Crippen molar-refractivity contribution in [3.05, 3.63) is 82.9 Å². The number of aromatic nitrogens is 1. The van der Waals surface area contributed by atoms with Gasteiger partial charge in [-0.15, -0.1) is 0 Å². The first-order valence-electron chi connectivity index (χ1n) is 9.43. The number of rotatable bonds is 5. The number of ketones is 1. The van der Waals surface area contributed by atoms with Crippen LogP contribution in [-0.4, -0.2) is 31.0 Å². The van der Waals surface area contributed by atoms with Gasteiger partial charge in [0, 0.05) is 24.0 Å². The maximum absolute atomic E-state index is 12.9. The fourth-order valence-corrected chi connectivity index (χ4v) is 3.28. The Morgan fingerprint density at radius 1 is 1.06 bits per heavy atom. The van der Waals surface area contributed by atoms with Gasteiger partial charge in [0.25, 0.3) is 0 Å². The highest BCUT2D eigenvalue weighted by Crippen LogP contribution is 2.38. The first-order chi connectivity index (χ1) is 15.0. The molecule has 0 amide bonds. The lowest BCUT2D eigenvalue weighted by Gasteiger charge is -2.08. The van der Waals surface area contributed by atoms with Crippen LogP contribution in [0.4, 0.5) is 0 Å². The number of hydrogen-bond donors (Lipinski definition) is 0. The van der Waals surface area contributed by atoms with Gasteiger partial charge in [-0.05, 0) is 55.0 Å². The second-order valence-corrected chi connectivity index (χ2v) is 6.79. The molecule has 156 valence electrons. The van der Waals surface area contributed by atoms with E-state index in [9.17, 15) is 9.59 Å². The number of nitrogens with zero attached hydrogens (tertiary/aromatic N) is 1. The van der Waals surface area contributed by atoms with E-state index in [4.69, 9.17) is 18.9 Å². The minimum Gasteiger partial charge on any atom is -0.497 e. The summed E-state index contributed by atoms with van der Waals surface area (Å²) >= 11 is 0. The molecule has 2 aromatic carbocycles. The van der Waals surface area contributed by atoms with Crippen molar-refractivity contribution in [1.82, 2.24) is 4.98 Å². The molecule has 4 rings (SSSR count). The zero-order valence-electron chi connectivity index (χ0n) is 17.2. The number of fused-ring (bicyclic) bond motifs is 1. The van der Waals surface area contributed by atoms with Gasteiger partial charge in [0.1, 0.15) is 23.0 Å². The molecule has 1 aliphatic rings. The van der Waals surface area contributed by atoms with Gasteiger partial charge in [-0.25, -0.2) is 4.79 Å². The van der Waals surface area contributed by atoms with Crippen LogP contribution in [0, 0.1) is 6.92 Å². The second-order valence-electron chi connectivity index (χ2n) is 6.79. The van der Waals surface area contributed by atoms with Crippen molar-refractivity contribution in [2.24, 2.45) is 0 Å². The highest BCUT2D eigenvalue weighted by molar-refractivity contribution is 6.15. The van der Waals surface area contributed by atoms with E-state index in [0.717, 1.165) is 0 Å². The van der Waals surface area contributed by atoms with Gasteiger partial charge in [0.2, 0.25) is 5.78 Å². The minimum atomic E-state index is -0.548. The number of benzene rings is 2. The van der Waals surface area contributed by atoms with Crippen molar-refractivity contribution in [3.63, 3.8) is 0 Å². The Morgan fingerprint density at radius 3 is 2.61 bits per heavy atom. The molecule has 0 aliphatic carbocycles. The van der Waals surface area contributed by atoms with Crippen molar-refractivity contribution >= 4 is 17.8 Å².